The minimum atomic E-state index is -1.07. The number of anilines is 1. The van der Waals surface area contributed by atoms with E-state index in [2.05, 4.69) is 10.6 Å². The average Bonchev–Trinajstić information content (AvgIpc) is 2.88. The lowest BCUT2D eigenvalue weighted by atomic mass is 9.99. The van der Waals surface area contributed by atoms with Crippen molar-refractivity contribution in [3.05, 3.63) is 95.6 Å². The molecular weight excluding hydrogens is 506 g/mol. The van der Waals surface area contributed by atoms with E-state index >= 15 is 0 Å². The van der Waals surface area contributed by atoms with Crippen LogP contribution in [0.2, 0.25) is 0 Å². The first kappa shape index (κ1) is 30.2. The highest BCUT2D eigenvalue weighted by atomic mass is 16.6. The largest absolute Gasteiger partial charge is 0.508 e. The van der Waals surface area contributed by atoms with Gasteiger partial charge in [0.2, 0.25) is 5.91 Å². The van der Waals surface area contributed by atoms with Gasteiger partial charge in [-0.05, 0) is 69.0 Å². The third kappa shape index (κ3) is 8.59. The van der Waals surface area contributed by atoms with Gasteiger partial charge in [-0.25, -0.2) is 4.79 Å². The van der Waals surface area contributed by atoms with Gasteiger partial charge in [-0.1, -0.05) is 67.6 Å². The number of hydrogen-bond donors (Lipinski definition) is 3. The highest BCUT2D eigenvalue weighted by molar-refractivity contribution is 5.99. The monoisotopic (exact) mass is 545 g/mol. The Morgan fingerprint density at radius 2 is 1.62 bits per heavy atom. The first-order chi connectivity index (χ1) is 19.0. The molecule has 0 saturated carbocycles. The molecule has 3 amide bonds. The molecule has 0 heterocycles. The predicted octanol–water partition coefficient (Wildman–Crippen LogP) is 5.76. The van der Waals surface area contributed by atoms with Gasteiger partial charge in [-0.3, -0.25) is 9.59 Å². The summed E-state index contributed by atoms with van der Waals surface area (Å²) in [6.07, 6.45) is 0.0330. The molecule has 0 fully saturated rings. The number of benzene rings is 3. The molecule has 0 aromatic heterocycles. The Balaban J connectivity index is 2.03. The SMILES string of the molecule is CCCN(C(=O)C(Cc1ccccc1)NC(=O)OC(C)(C)C)C(C(=O)Nc1ccccc1C)c1cccc(O)c1. The molecule has 0 aliphatic carbocycles. The van der Waals surface area contributed by atoms with Crippen LogP contribution in [-0.2, 0) is 20.7 Å². The van der Waals surface area contributed by atoms with Crippen molar-refractivity contribution in [3.8, 4) is 5.75 Å². The van der Waals surface area contributed by atoms with E-state index in [1.54, 1.807) is 39.0 Å². The molecule has 3 aromatic rings. The topological polar surface area (TPSA) is 108 Å². The number of carbonyl (C=O) groups excluding carboxylic acids is 3. The molecule has 2 unspecified atom stereocenters. The van der Waals surface area contributed by atoms with Crippen molar-refractivity contribution in [2.75, 3.05) is 11.9 Å². The van der Waals surface area contributed by atoms with Gasteiger partial charge in [0.25, 0.3) is 5.91 Å². The molecule has 40 heavy (non-hydrogen) atoms. The molecule has 0 radical (unpaired) electrons. The molecule has 3 aromatic carbocycles. The lowest BCUT2D eigenvalue weighted by Gasteiger charge is -2.34. The maximum atomic E-state index is 14.3. The molecule has 0 bridgehead atoms. The van der Waals surface area contributed by atoms with Gasteiger partial charge in [-0.2, -0.15) is 0 Å². The van der Waals surface area contributed by atoms with Crippen molar-refractivity contribution in [2.45, 2.75) is 65.1 Å². The summed E-state index contributed by atoms with van der Waals surface area (Å²) in [7, 11) is 0. The number of amides is 3. The number of alkyl carbamates (subject to hydrolysis) is 1. The number of aryl methyl sites for hydroxylation is 1. The smallest absolute Gasteiger partial charge is 0.408 e. The zero-order chi connectivity index (χ0) is 29.3. The third-order valence-corrected chi connectivity index (χ3v) is 6.17. The van der Waals surface area contributed by atoms with E-state index in [1.165, 1.54) is 17.0 Å². The number of rotatable bonds is 10. The highest BCUT2D eigenvalue weighted by Gasteiger charge is 2.36. The van der Waals surface area contributed by atoms with E-state index < -0.39 is 35.6 Å². The standard InChI is InChI=1S/C32H39N3O5/c1-6-19-35(30(38)27(20-23-14-8-7-9-15-23)34-31(39)40-32(3,4)5)28(24-16-12-17-25(36)21-24)29(37)33-26-18-11-10-13-22(26)2/h7-18,21,27-28,36H,6,19-20H2,1-5H3,(H,33,37)(H,34,39). The number of phenols is 1. The van der Waals surface area contributed by atoms with E-state index in [9.17, 15) is 19.5 Å². The molecule has 8 heteroatoms. The van der Waals surface area contributed by atoms with Crippen LogP contribution in [0.4, 0.5) is 10.5 Å². The number of nitrogens with one attached hydrogen (secondary N) is 2. The van der Waals surface area contributed by atoms with Crippen LogP contribution in [0, 0.1) is 6.92 Å². The van der Waals surface area contributed by atoms with E-state index in [4.69, 9.17) is 4.74 Å². The summed E-state index contributed by atoms with van der Waals surface area (Å²) in [6, 6.07) is 21.0. The number of phenolic OH excluding ortho intramolecular Hbond substituents is 1. The van der Waals surface area contributed by atoms with Crippen LogP contribution in [0.3, 0.4) is 0 Å². The minimum absolute atomic E-state index is 0.0252. The summed E-state index contributed by atoms with van der Waals surface area (Å²) in [5.41, 5.74) is 2.02. The molecule has 3 rings (SSSR count). The van der Waals surface area contributed by atoms with Crippen LogP contribution in [0.5, 0.6) is 5.75 Å². The summed E-state index contributed by atoms with van der Waals surface area (Å²) in [5, 5.41) is 15.9. The molecule has 0 aliphatic heterocycles. The van der Waals surface area contributed by atoms with Crippen LogP contribution < -0.4 is 10.6 Å². The quantitative estimate of drug-likeness (QED) is 0.300. The fraction of sp³-hybridized carbons (Fsp3) is 0.344. The van der Waals surface area contributed by atoms with Crippen LogP contribution in [0.15, 0.2) is 78.9 Å². The van der Waals surface area contributed by atoms with Crippen molar-refractivity contribution in [1.82, 2.24) is 10.2 Å². The second kappa shape index (κ2) is 13.6. The summed E-state index contributed by atoms with van der Waals surface area (Å²) in [6.45, 7) is 9.27. The summed E-state index contributed by atoms with van der Waals surface area (Å²) in [5.74, 6) is -0.898. The number of carbonyl (C=O) groups is 3. The Morgan fingerprint density at radius 3 is 2.25 bits per heavy atom. The van der Waals surface area contributed by atoms with E-state index in [-0.39, 0.29) is 18.7 Å². The second-order valence-corrected chi connectivity index (χ2v) is 10.7. The molecule has 0 aliphatic rings. The summed E-state index contributed by atoms with van der Waals surface area (Å²) < 4.78 is 5.46. The van der Waals surface area contributed by atoms with Crippen LogP contribution >= 0.6 is 0 Å². The lowest BCUT2D eigenvalue weighted by Crippen LogP contribution is -2.53. The average molecular weight is 546 g/mol. The van der Waals surface area contributed by atoms with E-state index in [0.717, 1.165) is 11.1 Å². The summed E-state index contributed by atoms with van der Waals surface area (Å²) >= 11 is 0. The minimum Gasteiger partial charge on any atom is -0.508 e. The van der Waals surface area contributed by atoms with Gasteiger partial charge in [0.05, 0.1) is 0 Å². The Kier molecular flexibility index (Phi) is 10.3. The van der Waals surface area contributed by atoms with Crippen molar-refractivity contribution >= 4 is 23.6 Å². The normalized spacial score (nSPS) is 12.6. The second-order valence-electron chi connectivity index (χ2n) is 10.7. The maximum absolute atomic E-state index is 14.3. The molecule has 212 valence electrons. The van der Waals surface area contributed by atoms with Gasteiger partial charge in [0, 0.05) is 18.7 Å². The maximum Gasteiger partial charge on any atom is 0.408 e. The van der Waals surface area contributed by atoms with Gasteiger partial charge < -0.3 is 25.4 Å². The Labute approximate surface area is 236 Å². The number of para-hydroxylation sites is 1. The van der Waals surface area contributed by atoms with Gasteiger partial charge in [0.15, 0.2) is 0 Å². The first-order valence-electron chi connectivity index (χ1n) is 13.5. The molecule has 2 atom stereocenters. The van der Waals surface area contributed by atoms with E-state index in [0.29, 0.717) is 17.7 Å². The van der Waals surface area contributed by atoms with Crippen LogP contribution in [0.25, 0.3) is 0 Å². The van der Waals surface area contributed by atoms with Gasteiger partial charge in [0.1, 0.15) is 23.4 Å². The fourth-order valence-electron chi connectivity index (χ4n) is 4.39. The summed E-state index contributed by atoms with van der Waals surface area (Å²) in [4.78, 5) is 42.5. The molecular formula is C32H39N3O5. The number of ether oxygens (including phenoxy) is 1. The van der Waals surface area contributed by atoms with Crippen molar-refractivity contribution in [2.24, 2.45) is 0 Å². The third-order valence-electron chi connectivity index (χ3n) is 6.17. The van der Waals surface area contributed by atoms with Crippen LogP contribution in [0.1, 0.15) is 56.8 Å². The number of aromatic hydroxyl groups is 1. The van der Waals surface area contributed by atoms with Gasteiger partial charge >= 0.3 is 6.09 Å². The molecule has 0 spiro atoms. The molecule has 8 nitrogen and oxygen atoms in total. The molecule has 3 N–H and O–H groups in total. The Hall–Kier alpha value is -4.33. The zero-order valence-electron chi connectivity index (χ0n) is 23.8. The van der Waals surface area contributed by atoms with Crippen molar-refractivity contribution in [1.29, 1.82) is 0 Å². The number of nitrogens with zero attached hydrogens (tertiary/aromatic N) is 1. The van der Waals surface area contributed by atoms with Crippen LogP contribution in [-0.4, -0.2) is 46.1 Å². The Morgan fingerprint density at radius 1 is 0.950 bits per heavy atom. The van der Waals surface area contributed by atoms with Gasteiger partial charge in [-0.15, -0.1) is 0 Å². The fourth-order valence-corrected chi connectivity index (χ4v) is 4.39. The molecule has 0 saturated heterocycles. The van der Waals surface area contributed by atoms with Crippen molar-refractivity contribution < 1.29 is 24.2 Å². The van der Waals surface area contributed by atoms with E-state index in [1.807, 2.05) is 62.4 Å². The zero-order valence-corrected chi connectivity index (χ0v) is 23.8. The highest BCUT2D eigenvalue weighted by Crippen LogP contribution is 2.28. The van der Waals surface area contributed by atoms with Crippen molar-refractivity contribution in [3.63, 3.8) is 0 Å². The Bertz CT molecular complexity index is 1300. The first-order valence-corrected chi connectivity index (χ1v) is 13.5. The number of hydrogen-bond acceptors (Lipinski definition) is 5. The lowest BCUT2D eigenvalue weighted by molar-refractivity contribution is -0.140. The predicted molar refractivity (Wildman–Crippen MR) is 156 cm³/mol.